The van der Waals surface area contributed by atoms with Crippen molar-refractivity contribution in [2.75, 3.05) is 18.7 Å². The molecule has 146 valence electrons. The molecule has 0 fully saturated rings. The van der Waals surface area contributed by atoms with Crippen molar-refractivity contribution in [3.8, 4) is 11.5 Å². The quantitative estimate of drug-likeness (QED) is 0.577. The number of ether oxygens (including phenoxy) is 3. The van der Waals surface area contributed by atoms with Crippen LogP contribution in [0.5, 0.6) is 11.5 Å². The number of benzene rings is 2. The predicted octanol–water partition coefficient (Wildman–Crippen LogP) is 4.12. The molecule has 1 atom stereocenters. The number of fused-ring (bicyclic) bond motifs is 1. The van der Waals surface area contributed by atoms with Gasteiger partial charge >= 0.3 is 5.97 Å². The fourth-order valence-corrected chi connectivity index (χ4v) is 2.69. The van der Waals surface area contributed by atoms with E-state index >= 15 is 0 Å². The summed E-state index contributed by atoms with van der Waals surface area (Å²) in [6.45, 7) is 4.14. The summed E-state index contributed by atoms with van der Waals surface area (Å²) in [6, 6.07) is 13.0. The van der Waals surface area contributed by atoms with Crippen LogP contribution in [0.3, 0.4) is 0 Å². The van der Waals surface area contributed by atoms with Gasteiger partial charge in [0.15, 0.2) is 18.1 Å². The highest BCUT2D eigenvalue weighted by Crippen LogP contribution is 2.32. The van der Waals surface area contributed by atoms with E-state index in [0.717, 1.165) is 12.0 Å². The molecule has 1 aliphatic rings. The van der Waals surface area contributed by atoms with Crippen molar-refractivity contribution in [1.29, 1.82) is 0 Å². The third kappa shape index (κ3) is 5.13. The largest absolute Gasteiger partial charge is 0.454 e. The van der Waals surface area contributed by atoms with Crippen molar-refractivity contribution in [2.45, 2.75) is 26.2 Å². The van der Waals surface area contributed by atoms with E-state index in [1.807, 2.05) is 24.3 Å². The lowest BCUT2D eigenvalue weighted by Gasteiger charge is -2.10. The molecule has 1 N–H and O–H groups in total. The van der Waals surface area contributed by atoms with E-state index in [0.29, 0.717) is 23.1 Å². The van der Waals surface area contributed by atoms with E-state index < -0.39 is 5.97 Å². The van der Waals surface area contributed by atoms with Gasteiger partial charge in [0.25, 0.3) is 5.91 Å². The van der Waals surface area contributed by atoms with Gasteiger partial charge in [0.2, 0.25) is 6.79 Å². The number of hydrogen-bond acceptors (Lipinski definition) is 5. The molecule has 2 aromatic carbocycles. The van der Waals surface area contributed by atoms with Gasteiger partial charge in [-0.2, -0.15) is 0 Å². The maximum Gasteiger partial charge on any atom is 0.331 e. The molecule has 0 saturated heterocycles. The van der Waals surface area contributed by atoms with Crippen LogP contribution in [0.15, 0.2) is 48.5 Å². The van der Waals surface area contributed by atoms with Crippen molar-refractivity contribution in [3.05, 3.63) is 59.7 Å². The Morgan fingerprint density at radius 3 is 2.64 bits per heavy atom. The summed E-state index contributed by atoms with van der Waals surface area (Å²) in [5.74, 6) is 0.797. The number of esters is 1. The van der Waals surface area contributed by atoms with Crippen LogP contribution >= 0.6 is 0 Å². The Balaban J connectivity index is 1.45. The number of carbonyl (C=O) groups excluding carboxylic acids is 2. The lowest BCUT2D eigenvalue weighted by molar-refractivity contribution is -0.142. The Morgan fingerprint density at radius 2 is 1.89 bits per heavy atom. The molecule has 1 amide bonds. The Hall–Kier alpha value is -3.28. The standard InChI is InChI=1S/C22H23NO5/c1-3-15(2)17-6-8-18(9-7-17)23-21(24)13-26-22(25)11-5-16-4-10-19-20(12-16)28-14-27-19/h4-12,15H,3,13-14H2,1-2H3,(H,23,24)/b11-5+/t15-/m1/s1. The fourth-order valence-electron chi connectivity index (χ4n) is 2.69. The molecule has 2 aromatic rings. The molecule has 1 heterocycles. The number of anilines is 1. The third-order valence-corrected chi connectivity index (χ3v) is 4.53. The van der Waals surface area contributed by atoms with Crippen LogP contribution in [0.2, 0.25) is 0 Å². The molecule has 0 aromatic heterocycles. The molecule has 3 rings (SSSR count). The third-order valence-electron chi connectivity index (χ3n) is 4.53. The maximum absolute atomic E-state index is 12.0. The minimum atomic E-state index is -0.597. The highest BCUT2D eigenvalue weighted by molar-refractivity contribution is 5.94. The van der Waals surface area contributed by atoms with E-state index in [-0.39, 0.29) is 19.3 Å². The maximum atomic E-state index is 12.0. The lowest BCUT2D eigenvalue weighted by Crippen LogP contribution is -2.20. The van der Waals surface area contributed by atoms with Crippen molar-refractivity contribution in [3.63, 3.8) is 0 Å². The van der Waals surface area contributed by atoms with Crippen LogP contribution in [0.4, 0.5) is 5.69 Å². The van der Waals surface area contributed by atoms with Gasteiger partial charge in [-0.15, -0.1) is 0 Å². The van der Waals surface area contributed by atoms with Crippen molar-refractivity contribution in [2.24, 2.45) is 0 Å². The van der Waals surface area contributed by atoms with Gasteiger partial charge in [-0.05, 0) is 53.8 Å². The lowest BCUT2D eigenvalue weighted by atomic mass is 9.99. The average molecular weight is 381 g/mol. The van der Waals surface area contributed by atoms with Gasteiger partial charge in [-0.1, -0.05) is 32.0 Å². The summed E-state index contributed by atoms with van der Waals surface area (Å²) >= 11 is 0. The highest BCUT2D eigenvalue weighted by atomic mass is 16.7. The van der Waals surface area contributed by atoms with Gasteiger partial charge in [-0.3, -0.25) is 4.79 Å². The number of hydrogen-bond donors (Lipinski definition) is 1. The van der Waals surface area contributed by atoms with E-state index in [9.17, 15) is 9.59 Å². The molecule has 6 heteroatoms. The molecule has 0 bridgehead atoms. The van der Waals surface area contributed by atoms with Gasteiger partial charge in [-0.25, -0.2) is 4.79 Å². The Kier molecular flexibility index (Phi) is 6.32. The molecule has 0 aliphatic carbocycles. The average Bonchev–Trinajstić information content (AvgIpc) is 3.18. The molecule has 0 saturated carbocycles. The first-order valence-electron chi connectivity index (χ1n) is 9.19. The SMILES string of the molecule is CC[C@@H](C)c1ccc(NC(=O)COC(=O)/C=C/c2ccc3c(c2)OCO3)cc1. The van der Waals surface area contributed by atoms with Gasteiger partial charge in [0.05, 0.1) is 0 Å². The van der Waals surface area contributed by atoms with Crippen molar-refractivity contribution in [1.82, 2.24) is 0 Å². The van der Waals surface area contributed by atoms with Crippen molar-refractivity contribution < 1.29 is 23.8 Å². The minimum Gasteiger partial charge on any atom is -0.454 e. The first kappa shape index (κ1) is 19.5. The zero-order valence-corrected chi connectivity index (χ0v) is 15.9. The van der Waals surface area contributed by atoms with Gasteiger partial charge in [0.1, 0.15) is 0 Å². The van der Waals surface area contributed by atoms with Gasteiger partial charge in [0, 0.05) is 11.8 Å². The molecule has 1 aliphatic heterocycles. The number of carbonyl (C=O) groups is 2. The number of nitrogens with one attached hydrogen (secondary N) is 1. The summed E-state index contributed by atoms with van der Waals surface area (Å²) in [6.07, 6.45) is 3.92. The van der Waals surface area contributed by atoms with E-state index in [1.165, 1.54) is 11.6 Å². The Labute approximate surface area is 164 Å². The normalized spacial score (nSPS) is 13.4. The first-order valence-corrected chi connectivity index (χ1v) is 9.19. The van der Waals surface area contributed by atoms with E-state index in [2.05, 4.69) is 19.2 Å². The summed E-state index contributed by atoms with van der Waals surface area (Å²) in [5.41, 5.74) is 2.66. The monoisotopic (exact) mass is 381 g/mol. The second kappa shape index (κ2) is 9.08. The summed E-state index contributed by atoms with van der Waals surface area (Å²) in [4.78, 5) is 23.8. The smallest absolute Gasteiger partial charge is 0.331 e. The second-order valence-electron chi connectivity index (χ2n) is 6.53. The molecule has 0 spiro atoms. The Bertz CT molecular complexity index is 873. The first-order chi connectivity index (χ1) is 13.5. The van der Waals surface area contributed by atoms with Crippen LogP contribution in [-0.2, 0) is 14.3 Å². The van der Waals surface area contributed by atoms with Crippen LogP contribution in [0.25, 0.3) is 6.08 Å². The van der Waals surface area contributed by atoms with Crippen LogP contribution in [0, 0.1) is 0 Å². The van der Waals surface area contributed by atoms with Crippen LogP contribution in [-0.4, -0.2) is 25.3 Å². The number of amides is 1. The summed E-state index contributed by atoms with van der Waals surface area (Å²) < 4.78 is 15.5. The highest BCUT2D eigenvalue weighted by Gasteiger charge is 2.12. The van der Waals surface area contributed by atoms with Crippen LogP contribution in [0.1, 0.15) is 37.3 Å². The molecular weight excluding hydrogens is 358 g/mol. The molecule has 0 radical (unpaired) electrons. The molecule has 0 unspecified atom stereocenters. The number of rotatable bonds is 7. The van der Waals surface area contributed by atoms with Crippen molar-refractivity contribution >= 4 is 23.6 Å². The summed E-state index contributed by atoms with van der Waals surface area (Å²) in [7, 11) is 0. The topological polar surface area (TPSA) is 73.9 Å². The van der Waals surface area contributed by atoms with Gasteiger partial charge < -0.3 is 19.5 Å². The molecule has 6 nitrogen and oxygen atoms in total. The summed E-state index contributed by atoms with van der Waals surface area (Å²) in [5, 5.41) is 2.71. The van der Waals surface area contributed by atoms with E-state index in [4.69, 9.17) is 14.2 Å². The van der Waals surface area contributed by atoms with E-state index in [1.54, 1.807) is 24.3 Å². The molecular formula is C22H23NO5. The predicted molar refractivity (Wildman–Crippen MR) is 106 cm³/mol. The second-order valence-corrected chi connectivity index (χ2v) is 6.53. The zero-order valence-electron chi connectivity index (χ0n) is 15.9. The zero-order chi connectivity index (χ0) is 19.9. The Morgan fingerprint density at radius 1 is 1.14 bits per heavy atom. The minimum absolute atomic E-state index is 0.194. The molecule has 28 heavy (non-hydrogen) atoms. The fraction of sp³-hybridized carbons (Fsp3) is 0.273. The van der Waals surface area contributed by atoms with Crippen LogP contribution < -0.4 is 14.8 Å².